The summed E-state index contributed by atoms with van der Waals surface area (Å²) in [6.45, 7) is 4.94. The number of benzene rings is 2. The van der Waals surface area contributed by atoms with Crippen molar-refractivity contribution >= 4 is 40.2 Å². The fourth-order valence-corrected chi connectivity index (χ4v) is 3.66. The van der Waals surface area contributed by atoms with Crippen molar-refractivity contribution in [3.05, 3.63) is 59.5 Å². The van der Waals surface area contributed by atoms with Gasteiger partial charge in [0.15, 0.2) is 5.17 Å². The van der Waals surface area contributed by atoms with Gasteiger partial charge in [-0.25, -0.2) is 9.79 Å². The molecule has 156 valence electrons. The van der Waals surface area contributed by atoms with Gasteiger partial charge in [0.05, 0.1) is 36.6 Å². The normalized spacial score (nSPS) is 16.2. The largest absolute Gasteiger partial charge is 0.494 e. The molecule has 1 amide bonds. The number of hydrogen-bond donors (Lipinski definition) is 0. The minimum atomic E-state index is -0.597. The lowest BCUT2D eigenvalue weighted by Gasteiger charge is -2.16. The van der Waals surface area contributed by atoms with Crippen molar-refractivity contribution in [2.24, 2.45) is 4.99 Å². The summed E-state index contributed by atoms with van der Waals surface area (Å²) in [5, 5.41) is 0.434. The molecule has 3 rings (SSSR count). The Hall–Kier alpha value is -3.26. The van der Waals surface area contributed by atoms with Crippen LogP contribution in [0, 0.1) is 0 Å². The fourth-order valence-electron chi connectivity index (χ4n) is 2.69. The minimum Gasteiger partial charge on any atom is -0.494 e. The summed E-state index contributed by atoms with van der Waals surface area (Å²) in [5.41, 5.74) is 1.28. The Balaban J connectivity index is 1.97. The van der Waals surface area contributed by atoms with Crippen LogP contribution in [0.2, 0.25) is 0 Å². The number of ether oxygens (including phenoxy) is 3. The van der Waals surface area contributed by atoms with Gasteiger partial charge in [0.1, 0.15) is 11.5 Å². The second-order valence-corrected chi connectivity index (χ2v) is 7.03. The molecule has 7 nitrogen and oxygen atoms in total. The molecule has 0 saturated carbocycles. The van der Waals surface area contributed by atoms with E-state index in [0.717, 1.165) is 17.5 Å². The first-order valence-electron chi connectivity index (χ1n) is 9.42. The zero-order chi connectivity index (χ0) is 21.5. The Morgan fingerprint density at radius 1 is 1.00 bits per heavy atom. The number of anilines is 1. The third-order valence-corrected chi connectivity index (χ3v) is 5.00. The molecule has 0 N–H and O–H groups in total. The first-order chi connectivity index (χ1) is 14.5. The maximum Gasteiger partial charge on any atom is 0.331 e. The molecule has 1 aliphatic rings. The monoisotopic (exact) mass is 426 g/mol. The quantitative estimate of drug-likeness (QED) is 0.485. The molecule has 0 unspecified atom stereocenters. The summed E-state index contributed by atoms with van der Waals surface area (Å²) < 4.78 is 15.6. The van der Waals surface area contributed by atoms with Gasteiger partial charge in [-0.2, -0.15) is 0 Å². The van der Waals surface area contributed by atoms with Crippen molar-refractivity contribution in [3.8, 4) is 11.5 Å². The van der Waals surface area contributed by atoms with E-state index >= 15 is 0 Å². The van der Waals surface area contributed by atoms with Gasteiger partial charge in [-0.1, -0.05) is 0 Å². The number of carbonyl (C=O) groups excluding carboxylic acids is 2. The van der Waals surface area contributed by atoms with E-state index in [4.69, 9.17) is 9.47 Å². The van der Waals surface area contributed by atoms with Crippen molar-refractivity contribution in [2.45, 2.75) is 13.8 Å². The van der Waals surface area contributed by atoms with Crippen molar-refractivity contribution in [1.29, 1.82) is 0 Å². The highest BCUT2D eigenvalue weighted by atomic mass is 32.2. The maximum atomic E-state index is 13.0. The zero-order valence-corrected chi connectivity index (χ0v) is 17.8. The van der Waals surface area contributed by atoms with Crippen LogP contribution in [0.25, 0.3) is 0 Å². The highest BCUT2D eigenvalue weighted by molar-refractivity contribution is 8.19. The molecule has 1 heterocycles. The second kappa shape index (κ2) is 9.98. The first-order valence-corrected chi connectivity index (χ1v) is 10.2. The molecular formula is C22H22N2O5S. The summed E-state index contributed by atoms with van der Waals surface area (Å²) in [6, 6.07) is 14.4. The van der Waals surface area contributed by atoms with Gasteiger partial charge in [-0.15, -0.1) is 0 Å². The molecule has 0 radical (unpaired) electrons. The van der Waals surface area contributed by atoms with Gasteiger partial charge in [-0.3, -0.25) is 9.69 Å². The molecule has 1 aliphatic heterocycles. The molecule has 2 aromatic carbocycles. The number of aliphatic imine (C=N–C) groups is 1. The number of esters is 1. The number of carbonyl (C=O) groups is 2. The van der Waals surface area contributed by atoms with Crippen molar-refractivity contribution in [1.82, 2.24) is 0 Å². The third kappa shape index (κ3) is 5.01. The lowest BCUT2D eigenvalue weighted by molar-refractivity contribution is -0.135. The SMILES string of the molecule is CCOc1ccc(N=C2S/C(=C/C(=O)OC)C(=O)N2c2ccc(OCC)cc2)cc1. The van der Waals surface area contributed by atoms with Crippen LogP contribution in [0.15, 0.2) is 64.5 Å². The third-order valence-electron chi connectivity index (χ3n) is 4.03. The molecule has 1 saturated heterocycles. The summed E-state index contributed by atoms with van der Waals surface area (Å²) in [5.74, 6) is 0.501. The Labute approximate surface area is 179 Å². The molecule has 8 heteroatoms. The fraction of sp³-hybridized carbons (Fsp3) is 0.227. The maximum absolute atomic E-state index is 13.0. The number of amides is 1. The molecule has 30 heavy (non-hydrogen) atoms. The van der Waals surface area contributed by atoms with Crippen LogP contribution >= 0.6 is 11.8 Å². The van der Waals surface area contributed by atoms with Gasteiger partial charge in [0.2, 0.25) is 0 Å². The number of amidine groups is 1. The van der Waals surface area contributed by atoms with Gasteiger partial charge < -0.3 is 14.2 Å². The van der Waals surface area contributed by atoms with E-state index in [1.807, 2.05) is 26.0 Å². The molecule has 0 atom stereocenters. The van der Waals surface area contributed by atoms with Crippen LogP contribution in [0.5, 0.6) is 11.5 Å². The van der Waals surface area contributed by atoms with Gasteiger partial charge >= 0.3 is 5.97 Å². The van der Waals surface area contributed by atoms with E-state index in [1.54, 1.807) is 36.4 Å². The predicted molar refractivity (Wildman–Crippen MR) is 117 cm³/mol. The lowest BCUT2D eigenvalue weighted by Crippen LogP contribution is -2.28. The molecule has 1 fully saturated rings. The number of hydrogen-bond acceptors (Lipinski definition) is 7. The van der Waals surface area contributed by atoms with Crippen LogP contribution in [0.1, 0.15) is 13.8 Å². The average molecular weight is 426 g/mol. The topological polar surface area (TPSA) is 77.4 Å². The highest BCUT2D eigenvalue weighted by Gasteiger charge is 2.35. The first kappa shape index (κ1) is 21.4. The smallest absolute Gasteiger partial charge is 0.331 e. The van der Waals surface area contributed by atoms with E-state index in [-0.39, 0.29) is 10.8 Å². The standard InChI is InChI=1S/C22H22N2O5S/c1-4-28-17-10-6-15(7-11-17)23-22-24(16-8-12-18(13-9-16)29-5-2)21(26)19(30-22)14-20(25)27-3/h6-14H,4-5H2,1-3H3/b19-14+,23-22?. The van der Waals surface area contributed by atoms with E-state index < -0.39 is 5.97 Å². The van der Waals surface area contributed by atoms with Gasteiger partial charge in [0, 0.05) is 6.08 Å². The van der Waals surface area contributed by atoms with Crippen LogP contribution < -0.4 is 14.4 Å². The number of nitrogens with zero attached hydrogens (tertiary/aromatic N) is 2. The zero-order valence-electron chi connectivity index (χ0n) is 17.0. The van der Waals surface area contributed by atoms with E-state index in [0.29, 0.717) is 35.5 Å². The van der Waals surface area contributed by atoms with Gasteiger partial charge in [-0.05, 0) is 74.1 Å². The van der Waals surface area contributed by atoms with Crippen molar-refractivity contribution < 1.29 is 23.8 Å². The predicted octanol–water partition coefficient (Wildman–Crippen LogP) is 4.31. The molecule has 0 aliphatic carbocycles. The molecule has 0 bridgehead atoms. The molecule has 0 aromatic heterocycles. The summed E-state index contributed by atoms with van der Waals surface area (Å²) in [7, 11) is 1.27. The number of rotatable bonds is 7. The van der Waals surface area contributed by atoms with E-state index in [2.05, 4.69) is 9.73 Å². The van der Waals surface area contributed by atoms with Crippen LogP contribution in [-0.4, -0.2) is 37.4 Å². The Kier molecular flexibility index (Phi) is 7.13. The molecule has 2 aromatic rings. The Morgan fingerprint density at radius 3 is 2.10 bits per heavy atom. The highest BCUT2D eigenvalue weighted by Crippen LogP contribution is 2.37. The van der Waals surface area contributed by atoms with Crippen molar-refractivity contribution in [2.75, 3.05) is 25.2 Å². The lowest BCUT2D eigenvalue weighted by atomic mass is 10.2. The van der Waals surface area contributed by atoms with E-state index in [1.165, 1.54) is 18.1 Å². The second-order valence-electron chi connectivity index (χ2n) is 6.02. The van der Waals surface area contributed by atoms with Crippen LogP contribution in [0.3, 0.4) is 0 Å². The Morgan fingerprint density at radius 2 is 1.57 bits per heavy atom. The van der Waals surface area contributed by atoms with Crippen LogP contribution in [-0.2, 0) is 14.3 Å². The summed E-state index contributed by atoms with van der Waals surface area (Å²) in [4.78, 5) is 31.0. The molecular weight excluding hydrogens is 404 g/mol. The summed E-state index contributed by atoms with van der Waals surface area (Å²) in [6.07, 6.45) is 1.18. The van der Waals surface area contributed by atoms with E-state index in [9.17, 15) is 9.59 Å². The van der Waals surface area contributed by atoms with Crippen molar-refractivity contribution in [3.63, 3.8) is 0 Å². The average Bonchev–Trinajstić information content (AvgIpc) is 3.05. The number of thioether (sulfide) groups is 1. The Bertz CT molecular complexity index is 968. The summed E-state index contributed by atoms with van der Waals surface area (Å²) >= 11 is 1.11. The molecule has 0 spiro atoms. The number of methoxy groups -OCH3 is 1. The minimum absolute atomic E-state index is 0.237. The van der Waals surface area contributed by atoms with Crippen LogP contribution in [0.4, 0.5) is 11.4 Å². The van der Waals surface area contributed by atoms with Gasteiger partial charge in [0.25, 0.3) is 5.91 Å².